The van der Waals surface area contributed by atoms with Crippen LogP contribution in [0.15, 0.2) is 255 Å². The van der Waals surface area contributed by atoms with Crippen LogP contribution in [0.25, 0.3) is 21.5 Å². The van der Waals surface area contributed by atoms with E-state index in [0.717, 1.165) is 26.2 Å². The van der Waals surface area contributed by atoms with Crippen LogP contribution in [-0.4, -0.2) is 5.43 Å². The molecule has 64 heavy (non-hydrogen) atoms. The maximum atomic E-state index is 2.48. The number of hydrogen-bond acceptors (Lipinski definition) is 2. The fourth-order valence-corrected chi connectivity index (χ4v) is 11.6. The average Bonchev–Trinajstić information content (AvgIpc) is 4.05. The number of anilines is 2. The Hall–Kier alpha value is -5.74. The molecule has 10 aromatic carbocycles. The summed E-state index contributed by atoms with van der Waals surface area (Å²) in [6.45, 7) is 3.44. The third kappa shape index (κ3) is 13.4. The van der Waals surface area contributed by atoms with Crippen molar-refractivity contribution in [1.82, 2.24) is 0 Å². The van der Waals surface area contributed by atoms with Gasteiger partial charge in [-0.3, -0.25) is 0 Å². The Bertz CT molecular complexity index is 2570. The van der Waals surface area contributed by atoms with E-state index in [-0.39, 0.29) is 24.8 Å². The molecular weight excluding hydrogens is 915 g/mol. The molecule has 0 N–H and O–H groups in total. The molecule has 0 fully saturated rings. The zero-order valence-electron chi connectivity index (χ0n) is 35.7. The van der Waals surface area contributed by atoms with Crippen LogP contribution >= 0.6 is 0 Å². The molecule has 0 radical (unpaired) electrons. The minimum absolute atomic E-state index is 0. The second-order valence-corrected chi connectivity index (χ2v) is 21.0. The van der Waals surface area contributed by atoms with E-state index in [4.69, 9.17) is 0 Å². The molecule has 0 aliphatic rings. The predicted molar refractivity (Wildman–Crippen MR) is 263 cm³/mol. The summed E-state index contributed by atoms with van der Waals surface area (Å²) in [6.07, 6.45) is 0. The SMILES string of the molecule is [Cl-].[Cl-].[Zr+2]=[Si](c1ccccc1)c1ccccc1.c1cc[cH-]c1.c1ccc(CN(Cc2ccccc2)c2ccc3c(c2)[cH-]c2cc(N(Cc4ccccc4)Cc4ccccc4)ccc23)cc1. The Labute approximate surface area is 406 Å². The summed E-state index contributed by atoms with van der Waals surface area (Å²) < 4.78 is 0. The average molecular weight is 965 g/mol. The van der Waals surface area contributed by atoms with Crippen LogP contribution in [0.3, 0.4) is 0 Å². The Morgan fingerprint density at radius 1 is 0.359 bits per heavy atom. The van der Waals surface area contributed by atoms with Gasteiger partial charge in [0.2, 0.25) is 0 Å². The summed E-state index contributed by atoms with van der Waals surface area (Å²) in [4.78, 5) is 4.96. The predicted octanol–water partition coefficient (Wildman–Crippen LogP) is 6.88. The van der Waals surface area contributed by atoms with Crippen LogP contribution in [0.1, 0.15) is 22.3 Å². The maximum absolute atomic E-state index is 2.48. The van der Waals surface area contributed by atoms with Crippen LogP contribution in [0.5, 0.6) is 0 Å². The van der Waals surface area contributed by atoms with Crippen molar-refractivity contribution in [2.45, 2.75) is 26.2 Å². The quantitative estimate of drug-likeness (QED) is 0.0975. The van der Waals surface area contributed by atoms with Gasteiger partial charge in [0.25, 0.3) is 0 Å². The second-order valence-electron chi connectivity index (χ2n) is 15.4. The van der Waals surface area contributed by atoms with Crippen LogP contribution in [0.4, 0.5) is 11.4 Å². The Morgan fingerprint density at radius 3 is 0.938 bits per heavy atom. The van der Waals surface area contributed by atoms with Crippen molar-refractivity contribution in [3.8, 4) is 0 Å². The Balaban J connectivity index is 0.000000268. The Morgan fingerprint density at radius 2 is 0.656 bits per heavy atom. The molecule has 0 aliphatic heterocycles. The summed E-state index contributed by atoms with van der Waals surface area (Å²) in [5, 5.41) is 8.22. The van der Waals surface area contributed by atoms with Gasteiger partial charge >= 0.3 is 99.8 Å². The molecule has 316 valence electrons. The van der Waals surface area contributed by atoms with Crippen LogP contribution in [-0.2, 0) is 49.5 Å². The monoisotopic (exact) mass is 962 g/mol. The molecule has 0 saturated heterocycles. The summed E-state index contributed by atoms with van der Waals surface area (Å²) in [7, 11) is 0. The minimum atomic E-state index is -0.455. The molecule has 10 rings (SSSR count). The number of nitrogens with zero attached hydrogens (tertiary/aromatic N) is 2. The first-order valence-corrected chi connectivity index (χ1v) is 26.5. The van der Waals surface area contributed by atoms with Gasteiger partial charge < -0.3 is 34.6 Å². The molecule has 0 saturated carbocycles. The summed E-state index contributed by atoms with van der Waals surface area (Å²) in [6, 6.07) is 91.0. The summed E-state index contributed by atoms with van der Waals surface area (Å²) >= 11 is 1.64. The van der Waals surface area contributed by atoms with Gasteiger partial charge in [0.05, 0.1) is 0 Å². The fourth-order valence-electron chi connectivity index (χ4n) is 7.78. The van der Waals surface area contributed by atoms with Gasteiger partial charge in [-0.25, -0.2) is 12.1 Å². The molecular formula is C58H50Cl2N2SiZr-2. The van der Waals surface area contributed by atoms with E-state index < -0.39 is 5.43 Å². The van der Waals surface area contributed by atoms with Crippen molar-refractivity contribution in [2.24, 2.45) is 0 Å². The van der Waals surface area contributed by atoms with Crippen molar-refractivity contribution < 1.29 is 48.1 Å². The molecule has 0 heterocycles. The fraction of sp³-hybridized carbons (Fsp3) is 0.0690. The van der Waals surface area contributed by atoms with Crippen molar-refractivity contribution in [3.05, 3.63) is 277 Å². The van der Waals surface area contributed by atoms with E-state index in [9.17, 15) is 0 Å². The first-order chi connectivity index (χ1) is 30.7. The van der Waals surface area contributed by atoms with Gasteiger partial charge in [0.1, 0.15) is 0 Å². The maximum Gasteiger partial charge on any atom is 0.0427 e. The molecule has 0 atom stereocenters. The first kappa shape index (κ1) is 47.7. The van der Waals surface area contributed by atoms with Gasteiger partial charge in [0.15, 0.2) is 0 Å². The zero-order valence-corrected chi connectivity index (χ0v) is 40.7. The van der Waals surface area contributed by atoms with Crippen molar-refractivity contribution >= 4 is 48.7 Å². The molecule has 6 heteroatoms. The second kappa shape index (κ2) is 24.9. The molecule has 2 nitrogen and oxygen atoms in total. The van der Waals surface area contributed by atoms with E-state index in [1.807, 2.05) is 30.3 Å². The van der Waals surface area contributed by atoms with Gasteiger partial charge in [-0.1, -0.05) is 158 Å². The van der Waals surface area contributed by atoms with Gasteiger partial charge in [0, 0.05) is 37.6 Å². The number of halogens is 2. The molecule has 0 aliphatic carbocycles. The number of benzene rings is 8. The molecule has 0 unspecified atom stereocenters. The van der Waals surface area contributed by atoms with Crippen molar-refractivity contribution in [3.63, 3.8) is 0 Å². The van der Waals surface area contributed by atoms with Crippen molar-refractivity contribution in [2.75, 3.05) is 9.80 Å². The van der Waals surface area contributed by atoms with Gasteiger partial charge in [-0.2, -0.15) is 18.2 Å². The normalized spacial score (nSPS) is 10.3. The largest absolute Gasteiger partial charge is 0.369 e. The standard InChI is InChI=1S/C41H35N2.C12H10Si.C5H5.2ClH.Zr/c1-5-13-32(14-6-1)28-42(29-33-15-7-2-8-16-33)38-21-23-40-36(26-38)25-37-27-39(22-24-41(37)40)43(30-34-17-9-3-10-18-34)31-35-19-11-4-12-20-35;1-3-7-11(8-4-1)13-12-9-5-2-6-10-12;1-2-4-5-3-1;;;/h1-27H,28-31H2;1-10H;1-5H;2*1H;/q-1;;-1;;;+2/p-2. The van der Waals surface area contributed by atoms with Crippen LogP contribution < -0.4 is 45.0 Å². The number of fused-ring (bicyclic) bond motifs is 3. The van der Waals surface area contributed by atoms with Gasteiger partial charge in [-0.05, 0) is 22.3 Å². The van der Waals surface area contributed by atoms with E-state index in [1.165, 1.54) is 65.5 Å². The van der Waals surface area contributed by atoms with E-state index in [0.29, 0.717) is 0 Å². The van der Waals surface area contributed by atoms with Gasteiger partial charge in [-0.15, -0.1) is 27.6 Å². The van der Waals surface area contributed by atoms with Crippen LogP contribution in [0, 0.1) is 0 Å². The number of rotatable bonds is 12. The third-order valence-corrected chi connectivity index (χ3v) is 17.0. The summed E-state index contributed by atoms with van der Waals surface area (Å²) in [5.41, 5.74) is 7.28. The van der Waals surface area contributed by atoms with E-state index in [1.54, 1.807) is 23.3 Å². The first-order valence-electron chi connectivity index (χ1n) is 21.3. The molecule has 0 spiro atoms. The molecule has 10 aromatic rings. The van der Waals surface area contributed by atoms with E-state index >= 15 is 0 Å². The topological polar surface area (TPSA) is 6.48 Å². The molecule has 0 amide bonds. The zero-order chi connectivity index (χ0) is 42.2. The summed E-state index contributed by atoms with van der Waals surface area (Å²) in [5.74, 6) is 0. The number of hydrogen-bond donors (Lipinski definition) is 0. The minimum Gasteiger partial charge on any atom is -0.369 e. The third-order valence-electron chi connectivity index (χ3n) is 10.9. The van der Waals surface area contributed by atoms with Crippen molar-refractivity contribution in [1.29, 1.82) is 0 Å². The molecule has 0 bridgehead atoms. The smallest absolute Gasteiger partial charge is 0.0427 e. The Kier molecular flexibility index (Phi) is 18.6. The van der Waals surface area contributed by atoms with E-state index in [2.05, 4.69) is 234 Å². The van der Waals surface area contributed by atoms with Crippen LogP contribution in [0.2, 0.25) is 0 Å². The molecule has 0 aromatic heterocycles.